The van der Waals surface area contributed by atoms with E-state index < -0.39 is 5.92 Å². The van der Waals surface area contributed by atoms with Crippen LogP contribution in [-0.2, 0) is 6.61 Å². The second kappa shape index (κ2) is 7.58. The number of halogens is 1. The smallest absolute Gasteiger partial charge is 0.231 e. The van der Waals surface area contributed by atoms with E-state index in [1.54, 1.807) is 18.2 Å². The van der Waals surface area contributed by atoms with Crippen molar-refractivity contribution in [2.24, 2.45) is 5.73 Å². The summed E-state index contributed by atoms with van der Waals surface area (Å²) in [5.74, 6) is 1.74. The fourth-order valence-electron chi connectivity index (χ4n) is 3.69. The average Bonchev–Trinajstić information content (AvgIpc) is 3.24. The molecule has 2 heterocycles. The molecule has 0 bridgehead atoms. The van der Waals surface area contributed by atoms with Gasteiger partial charge in [-0.3, -0.25) is 0 Å². The number of nitriles is 1. The Hall–Kier alpha value is -4.18. The van der Waals surface area contributed by atoms with Crippen LogP contribution in [0.15, 0.2) is 72.1 Å². The topological polar surface area (TPSA) is 86.7 Å². The largest absolute Gasteiger partial charge is 0.489 e. The summed E-state index contributed by atoms with van der Waals surface area (Å²) in [5, 5.41) is 9.72. The van der Waals surface area contributed by atoms with Crippen molar-refractivity contribution in [2.75, 3.05) is 6.79 Å². The molecule has 0 saturated heterocycles. The Labute approximate surface area is 177 Å². The van der Waals surface area contributed by atoms with Crippen molar-refractivity contribution in [3.05, 3.63) is 94.6 Å². The molecular formula is C24H17FN2O4. The number of ether oxygens (including phenoxy) is 4. The monoisotopic (exact) mass is 416 g/mol. The normalized spacial score (nSPS) is 16.3. The molecule has 0 saturated carbocycles. The zero-order valence-corrected chi connectivity index (χ0v) is 16.3. The van der Waals surface area contributed by atoms with Gasteiger partial charge >= 0.3 is 0 Å². The highest BCUT2D eigenvalue weighted by Crippen LogP contribution is 2.47. The van der Waals surface area contributed by atoms with Gasteiger partial charge in [0.05, 0.1) is 5.92 Å². The molecule has 2 aliphatic rings. The second-order valence-electron chi connectivity index (χ2n) is 7.15. The number of fused-ring (bicyclic) bond motifs is 2. The molecule has 0 fully saturated rings. The molecule has 154 valence electrons. The van der Waals surface area contributed by atoms with Gasteiger partial charge in [-0.05, 0) is 41.5 Å². The van der Waals surface area contributed by atoms with Crippen LogP contribution >= 0.6 is 0 Å². The Bertz CT molecular complexity index is 1210. The van der Waals surface area contributed by atoms with Crippen LogP contribution in [0.25, 0.3) is 0 Å². The maximum atomic E-state index is 13.0. The summed E-state index contributed by atoms with van der Waals surface area (Å²) in [4.78, 5) is 0. The van der Waals surface area contributed by atoms with E-state index in [1.165, 1.54) is 12.1 Å². The first-order valence-electron chi connectivity index (χ1n) is 9.60. The highest BCUT2D eigenvalue weighted by atomic mass is 19.1. The quantitative estimate of drug-likeness (QED) is 0.680. The molecule has 31 heavy (non-hydrogen) atoms. The summed E-state index contributed by atoms with van der Waals surface area (Å²) in [5.41, 5.74) is 8.86. The lowest BCUT2D eigenvalue weighted by Gasteiger charge is -2.26. The van der Waals surface area contributed by atoms with E-state index in [0.717, 1.165) is 16.7 Å². The molecule has 3 aromatic carbocycles. The summed E-state index contributed by atoms with van der Waals surface area (Å²) in [7, 11) is 0. The van der Waals surface area contributed by atoms with Gasteiger partial charge in [0, 0.05) is 11.6 Å². The van der Waals surface area contributed by atoms with E-state index >= 15 is 0 Å². The average molecular weight is 416 g/mol. The Kier molecular flexibility index (Phi) is 4.60. The number of rotatable bonds is 4. The standard InChI is InChI=1S/C24H17FN2O4/c25-16-5-1-14(2-6-16)12-28-17-7-3-15(4-8-17)23-18-9-21-22(30-13-29-21)10-20(18)31-24(27)19(23)11-26/h1-10,23H,12-13,27H2. The van der Waals surface area contributed by atoms with Crippen molar-refractivity contribution in [2.45, 2.75) is 12.5 Å². The minimum atomic E-state index is -0.408. The molecule has 7 heteroatoms. The molecule has 1 atom stereocenters. The summed E-state index contributed by atoms with van der Waals surface area (Å²) in [6.07, 6.45) is 0. The Morgan fingerprint density at radius 3 is 2.42 bits per heavy atom. The third-order valence-electron chi connectivity index (χ3n) is 5.24. The van der Waals surface area contributed by atoms with E-state index in [-0.39, 0.29) is 18.5 Å². The van der Waals surface area contributed by atoms with Crippen LogP contribution < -0.4 is 24.7 Å². The molecule has 0 spiro atoms. The Balaban J connectivity index is 1.43. The molecule has 2 aliphatic heterocycles. The molecule has 6 nitrogen and oxygen atoms in total. The fraction of sp³-hybridized carbons (Fsp3) is 0.125. The summed E-state index contributed by atoms with van der Waals surface area (Å²) in [6.45, 7) is 0.455. The van der Waals surface area contributed by atoms with E-state index in [2.05, 4.69) is 6.07 Å². The summed E-state index contributed by atoms with van der Waals surface area (Å²) < 4.78 is 35.4. The molecule has 1 unspecified atom stereocenters. The number of benzene rings is 3. The van der Waals surface area contributed by atoms with Crippen LogP contribution in [0.4, 0.5) is 4.39 Å². The van der Waals surface area contributed by atoms with Gasteiger partial charge in [-0.1, -0.05) is 24.3 Å². The van der Waals surface area contributed by atoms with Crippen molar-refractivity contribution < 1.29 is 23.3 Å². The van der Waals surface area contributed by atoms with Crippen LogP contribution in [0, 0.1) is 17.1 Å². The summed E-state index contributed by atoms with van der Waals surface area (Å²) in [6, 6.07) is 19.3. The lowest BCUT2D eigenvalue weighted by molar-refractivity contribution is 0.174. The molecular weight excluding hydrogens is 399 g/mol. The third kappa shape index (κ3) is 3.49. The van der Waals surface area contributed by atoms with Gasteiger partial charge in [0.1, 0.15) is 35.6 Å². The maximum Gasteiger partial charge on any atom is 0.231 e. The van der Waals surface area contributed by atoms with Gasteiger partial charge in [0.15, 0.2) is 11.5 Å². The number of hydrogen-bond donors (Lipinski definition) is 1. The van der Waals surface area contributed by atoms with Crippen molar-refractivity contribution >= 4 is 0 Å². The molecule has 0 radical (unpaired) electrons. The predicted molar refractivity (Wildman–Crippen MR) is 109 cm³/mol. The zero-order valence-electron chi connectivity index (χ0n) is 16.3. The maximum absolute atomic E-state index is 13.0. The van der Waals surface area contributed by atoms with Gasteiger partial charge in [-0.2, -0.15) is 5.26 Å². The number of nitrogens with two attached hydrogens (primary N) is 1. The van der Waals surface area contributed by atoms with Crippen LogP contribution in [0.5, 0.6) is 23.0 Å². The summed E-state index contributed by atoms with van der Waals surface area (Å²) >= 11 is 0. The Morgan fingerprint density at radius 1 is 1.00 bits per heavy atom. The van der Waals surface area contributed by atoms with Crippen molar-refractivity contribution in [1.82, 2.24) is 0 Å². The number of allylic oxidation sites excluding steroid dienone is 1. The van der Waals surface area contributed by atoms with Gasteiger partial charge in [-0.25, -0.2) is 4.39 Å². The van der Waals surface area contributed by atoms with E-state index in [9.17, 15) is 9.65 Å². The molecule has 3 aromatic rings. The molecule has 0 aromatic heterocycles. The number of nitrogens with zero attached hydrogens (tertiary/aromatic N) is 1. The van der Waals surface area contributed by atoms with Gasteiger partial charge in [0.25, 0.3) is 0 Å². The lowest BCUT2D eigenvalue weighted by Crippen LogP contribution is -2.21. The second-order valence-corrected chi connectivity index (χ2v) is 7.15. The van der Waals surface area contributed by atoms with Gasteiger partial charge in [0.2, 0.25) is 12.7 Å². The van der Waals surface area contributed by atoms with E-state index in [1.807, 2.05) is 30.3 Å². The van der Waals surface area contributed by atoms with Gasteiger partial charge < -0.3 is 24.7 Å². The minimum Gasteiger partial charge on any atom is -0.489 e. The van der Waals surface area contributed by atoms with Crippen LogP contribution in [0.3, 0.4) is 0 Å². The molecule has 2 N–H and O–H groups in total. The van der Waals surface area contributed by atoms with Crippen molar-refractivity contribution in [3.8, 4) is 29.1 Å². The van der Waals surface area contributed by atoms with E-state index in [4.69, 9.17) is 24.7 Å². The SMILES string of the molecule is N#CC1=C(N)Oc2cc3c(cc2C1c1ccc(OCc2ccc(F)cc2)cc1)OCO3. The van der Waals surface area contributed by atoms with Crippen molar-refractivity contribution in [3.63, 3.8) is 0 Å². The minimum absolute atomic E-state index is 0.0653. The molecule has 5 rings (SSSR count). The van der Waals surface area contributed by atoms with Crippen LogP contribution in [0.2, 0.25) is 0 Å². The highest BCUT2D eigenvalue weighted by molar-refractivity contribution is 5.61. The first-order valence-corrected chi connectivity index (χ1v) is 9.60. The van der Waals surface area contributed by atoms with Crippen LogP contribution in [-0.4, -0.2) is 6.79 Å². The van der Waals surface area contributed by atoms with Gasteiger partial charge in [-0.15, -0.1) is 0 Å². The lowest BCUT2D eigenvalue weighted by atomic mass is 9.83. The first-order chi connectivity index (χ1) is 15.1. The van der Waals surface area contributed by atoms with Crippen molar-refractivity contribution in [1.29, 1.82) is 5.26 Å². The zero-order chi connectivity index (χ0) is 21.4. The van der Waals surface area contributed by atoms with Crippen LogP contribution in [0.1, 0.15) is 22.6 Å². The number of hydrogen-bond acceptors (Lipinski definition) is 6. The van der Waals surface area contributed by atoms with E-state index in [0.29, 0.717) is 35.2 Å². The fourth-order valence-corrected chi connectivity index (χ4v) is 3.69. The molecule has 0 amide bonds. The first kappa shape index (κ1) is 18.8. The highest BCUT2D eigenvalue weighted by Gasteiger charge is 2.33. The third-order valence-corrected chi connectivity index (χ3v) is 5.24. The Morgan fingerprint density at radius 2 is 1.71 bits per heavy atom. The predicted octanol–water partition coefficient (Wildman–Crippen LogP) is 4.35. The molecule has 0 aliphatic carbocycles.